The lowest BCUT2D eigenvalue weighted by Crippen LogP contribution is -2.68. The lowest BCUT2D eigenvalue weighted by atomic mass is 9.63. The van der Waals surface area contributed by atoms with E-state index >= 15 is 0 Å². The number of nitrogens with zero attached hydrogens (tertiary/aromatic N) is 4. The second-order valence-electron chi connectivity index (χ2n) is 24.9. The molecule has 0 bridgehead atoms. The van der Waals surface area contributed by atoms with Crippen LogP contribution in [0, 0.1) is 11.8 Å². The normalized spacial score (nSPS) is 25.8. The Morgan fingerprint density at radius 1 is 0.624 bits per heavy atom. The molecule has 23 heteroatoms. The number of fused-ring (bicyclic) bond motifs is 4. The summed E-state index contributed by atoms with van der Waals surface area (Å²) < 4.78 is 65.0. The molecule has 0 spiro atoms. The first-order valence-electron chi connectivity index (χ1n) is 27.9. The number of rotatable bonds is 17. The van der Waals surface area contributed by atoms with Gasteiger partial charge in [0.1, 0.15) is 36.5 Å². The molecule has 0 saturated heterocycles. The third-order valence-electron chi connectivity index (χ3n) is 17.0. The fraction of sp³-hybridized carbons (Fsp3) is 0.516. The van der Waals surface area contributed by atoms with Gasteiger partial charge in [0.25, 0.3) is 11.8 Å². The van der Waals surface area contributed by atoms with Gasteiger partial charge in [-0.3, -0.25) is 23.6 Å². The first kappa shape index (κ1) is 69.2. The molecule has 0 fully saturated rings. The third-order valence-corrected chi connectivity index (χ3v) is 28.4. The quantitative estimate of drug-likeness (QED) is 0.0446. The number of aromatic nitrogens is 2. The number of carbonyl (C=O) groups is 2. The van der Waals surface area contributed by atoms with Gasteiger partial charge in [0.2, 0.25) is 11.6 Å². The smallest absolute Gasteiger partial charge is 0.331 e. The Bertz CT molecular complexity index is 3110. The summed E-state index contributed by atoms with van der Waals surface area (Å²) in [6, 6.07) is 27.0. The van der Waals surface area contributed by atoms with Gasteiger partial charge in [-0.05, 0) is 98.0 Å². The van der Waals surface area contributed by atoms with Crippen molar-refractivity contribution in [1.82, 2.24) is 20.1 Å². The summed E-state index contributed by atoms with van der Waals surface area (Å²) in [5, 5.41) is 43.1. The second-order valence-corrected chi connectivity index (χ2v) is 37.6. The largest absolute Gasteiger partial charge is 0.470 e. The highest BCUT2D eigenvalue weighted by Gasteiger charge is 2.66. The minimum Gasteiger partial charge on any atom is -0.470 e. The zero-order chi connectivity index (χ0) is 61.9. The van der Waals surface area contributed by atoms with Crippen molar-refractivity contribution in [2.45, 2.75) is 150 Å². The van der Waals surface area contributed by atoms with Gasteiger partial charge >= 0.3 is 8.60 Å². The maximum Gasteiger partial charge on any atom is 0.331 e. The van der Waals surface area contributed by atoms with Crippen molar-refractivity contribution in [2.75, 3.05) is 49.5 Å². The van der Waals surface area contributed by atoms with E-state index in [-0.39, 0.29) is 59.4 Å². The molecule has 466 valence electrons. The van der Waals surface area contributed by atoms with E-state index in [1.54, 1.807) is 51.7 Å². The van der Waals surface area contributed by atoms with Crippen molar-refractivity contribution in [3.63, 3.8) is 0 Å². The van der Waals surface area contributed by atoms with Crippen molar-refractivity contribution in [3.05, 3.63) is 149 Å². The summed E-state index contributed by atoms with van der Waals surface area (Å²) in [7, 11) is 4.32. The standard InChI is InChI=1S/C32H40N2O6SSi.C26H36N2O6Si.C3H9O3P.CH4/c1-31(2,3)42(6,7)40-29-24(41(37)22-16-12-9-13-17-22)19-18-23-26(34(4)5)27-25(28(35)32(23,29)36)30(33-39-27)38-20-21-14-10-8-11-15-21;1-25(2,3)35(6,7)34-18-14-13-17(29)20-21(28(4)5)22-19(23(30)26(18,20)31)24(27-33-22)32-15-16-11-9-8-10-12-16;1-4-7(5-2)6-3;/h8-19,23-24,26,29,36H,20H2,1-7H3;8-14,17-18,20-21,29,31H,15H2,1-7H3;1-3H3;1H4/t23-,24+,26-,29+,32+,41?;17-,18+,20-,21-,26+;;/m00../s1. The summed E-state index contributed by atoms with van der Waals surface area (Å²) in [6.45, 7) is 21.2. The average Bonchev–Trinajstić information content (AvgIpc) is 1.83. The number of aliphatic hydroxyl groups excluding tert-OH is 1. The number of ether oxygens (including phenoxy) is 2. The molecule has 0 saturated carbocycles. The minimum absolute atomic E-state index is 0. The monoisotopic (exact) mass is 1250 g/mol. The molecule has 9 rings (SSSR count). The highest BCUT2D eigenvalue weighted by atomic mass is 32.2. The van der Waals surface area contributed by atoms with E-state index in [0.29, 0.717) is 10.7 Å². The van der Waals surface area contributed by atoms with Gasteiger partial charge in [0, 0.05) is 32.1 Å². The molecule has 2 heterocycles. The van der Waals surface area contributed by atoms with Gasteiger partial charge in [-0.25, -0.2) is 0 Å². The minimum atomic E-state index is -2.60. The highest BCUT2D eigenvalue weighted by molar-refractivity contribution is 7.86. The molecule has 85 heavy (non-hydrogen) atoms. The molecule has 0 amide bonds. The van der Waals surface area contributed by atoms with Crippen LogP contribution in [-0.4, -0.2) is 152 Å². The second kappa shape index (κ2) is 27.7. The van der Waals surface area contributed by atoms with Crippen LogP contribution in [0.15, 0.2) is 129 Å². The molecule has 2 aromatic heterocycles. The Kier molecular flexibility index (Phi) is 22.5. The topological polar surface area (TPSA) is 235 Å². The van der Waals surface area contributed by atoms with Crippen LogP contribution < -0.4 is 9.47 Å². The van der Waals surface area contributed by atoms with Crippen LogP contribution in [0.3, 0.4) is 0 Å². The van der Waals surface area contributed by atoms with E-state index in [4.69, 9.17) is 27.4 Å². The summed E-state index contributed by atoms with van der Waals surface area (Å²) in [5.74, 6) is -2.17. The third kappa shape index (κ3) is 14.0. The van der Waals surface area contributed by atoms with Crippen molar-refractivity contribution in [2.24, 2.45) is 11.8 Å². The Morgan fingerprint density at radius 3 is 1.47 bits per heavy atom. The van der Waals surface area contributed by atoms with Crippen LogP contribution in [0.25, 0.3) is 0 Å². The maximum atomic E-state index is 14.6. The van der Waals surface area contributed by atoms with E-state index in [0.717, 1.165) is 11.1 Å². The fourth-order valence-electron chi connectivity index (χ4n) is 10.5. The first-order chi connectivity index (χ1) is 39.4. The molecule has 4 aliphatic carbocycles. The molecular formula is C62H89N4O15PSSi2. The van der Waals surface area contributed by atoms with Crippen molar-refractivity contribution in [3.8, 4) is 11.8 Å². The van der Waals surface area contributed by atoms with Gasteiger partial charge in [-0.1, -0.05) is 152 Å². The van der Waals surface area contributed by atoms with Crippen LogP contribution in [0.2, 0.25) is 36.3 Å². The lowest BCUT2D eigenvalue weighted by molar-refractivity contribution is -0.123. The predicted molar refractivity (Wildman–Crippen MR) is 333 cm³/mol. The molecule has 4 aliphatic rings. The van der Waals surface area contributed by atoms with Crippen molar-refractivity contribution >= 4 is 47.6 Å². The molecule has 0 radical (unpaired) electrons. The van der Waals surface area contributed by atoms with Crippen molar-refractivity contribution < 1.29 is 70.1 Å². The number of ketones is 2. The Morgan fingerprint density at radius 2 is 1.05 bits per heavy atom. The van der Waals surface area contributed by atoms with E-state index in [2.05, 4.69) is 91.6 Å². The summed E-state index contributed by atoms with van der Waals surface area (Å²) >= 11 is 0. The van der Waals surface area contributed by atoms with Crippen LogP contribution in [-0.2, 0) is 46.4 Å². The van der Waals surface area contributed by atoms with E-state index < -0.39 is 106 Å². The van der Waals surface area contributed by atoms with E-state index in [9.17, 15) is 29.1 Å². The molecule has 3 aromatic carbocycles. The molecule has 5 aromatic rings. The number of aliphatic hydroxyl groups is 3. The number of Topliss-reactive ketones (excluding diaryl/α,β-unsaturated/α-hetero) is 2. The Hall–Kier alpha value is -4.89. The summed E-state index contributed by atoms with van der Waals surface area (Å²) in [6.07, 6.45) is 3.77. The van der Waals surface area contributed by atoms with E-state index in [1.807, 2.05) is 123 Å². The van der Waals surface area contributed by atoms with Gasteiger partial charge < -0.3 is 56.3 Å². The zero-order valence-electron chi connectivity index (χ0n) is 51.4. The first-order valence-corrected chi connectivity index (χ1v) is 36.0. The molecule has 1 unspecified atom stereocenters. The number of carbonyl (C=O) groups excluding carboxylic acids is 2. The predicted octanol–water partition coefficient (Wildman–Crippen LogP) is 11.0. The molecule has 19 nitrogen and oxygen atoms in total. The van der Waals surface area contributed by atoms with Crippen LogP contribution in [0.1, 0.15) is 104 Å². The van der Waals surface area contributed by atoms with Gasteiger partial charge in [-0.15, -0.1) is 0 Å². The van der Waals surface area contributed by atoms with Gasteiger partial charge in [-0.2, -0.15) is 0 Å². The fourth-order valence-corrected chi connectivity index (χ4v) is 15.0. The number of hydrogen-bond donors (Lipinski definition) is 3. The molecular weight excluding hydrogens is 1160 g/mol. The maximum absolute atomic E-state index is 14.6. The Balaban J connectivity index is 0.000000245. The lowest BCUT2D eigenvalue weighted by Gasteiger charge is -2.53. The average molecular weight is 1250 g/mol. The molecule has 0 aliphatic heterocycles. The van der Waals surface area contributed by atoms with Crippen molar-refractivity contribution in [1.29, 1.82) is 0 Å². The Labute approximate surface area is 507 Å². The SMILES string of the molecule is C.CN(C)[C@@H]1c2onc(OCc3ccccc3)c2C(=O)[C@@]2(O)[C@H](O[Si](C)(C)C(C)(C)C)[C@H](S(=O)c3ccccc3)C=C[C@@H]12.CN(C)[C@@H]1c2onc(OCc3ccccc3)c2C(=O)[C@]2(O)[C@H]1[C@@H](O)C=C[C@H]2O[Si](C)(C)C(C)(C)C.COP(OC)OC. The van der Waals surface area contributed by atoms with Crippen LogP contribution >= 0.6 is 8.60 Å². The number of hydrogen-bond acceptors (Lipinski definition) is 19. The summed E-state index contributed by atoms with van der Waals surface area (Å²) in [4.78, 5) is 33.0. The summed E-state index contributed by atoms with van der Waals surface area (Å²) in [5.41, 5.74) is -2.07. The highest BCUT2D eigenvalue weighted by Crippen LogP contribution is 2.55. The molecule has 3 N–H and O–H groups in total. The zero-order valence-corrected chi connectivity index (χ0v) is 55.1. The van der Waals surface area contributed by atoms with Crippen LogP contribution in [0.5, 0.6) is 11.8 Å². The van der Waals surface area contributed by atoms with Gasteiger partial charge in [0.05, 0.1) is 40.2 Å². The number of benzene rings is 3. The van der Waals surface area contributed by atoms with E-state index in [1.165, 1.54) is 0 Å². The van der Waals surface area contributed by atoms with Crippen LogP contribution in [0.4, 0.5) is 0 Å². The molecule has 11 atom stereocenters. The van der Waals surface area contributed by atoms with Gasteiger partial charge in [0.15, 0.2) is 39.4 Å².